The van der Waals surface area contributed by atoms with Gasteiger partial charge < -0.3 is 20.5 Å². The fourth-order valence-corrected chi connectivity index (χ4v) is 2.14. The lowest BCUT2D eigenvalue weighted by atomic mass is 10.1. The van der Waals surface area contributed by atoms with Crippen molar-refractivity contribution in [1.29, 1.82) is 0 Å². The van der Waals surface area contributed by atoms with Crippen molar-refractivity contribution < 1.29 is 19.1 Å². The summed E-state index contributed by atoms with van der Waals surface area (Å²) in [5.74, 6) is -0.663. The molecule has 1 amide bonds. The Morgan fingerprint density at radius 2 is 2.25 bits per heavy atom. The maximum atomic E-state index is 12.0. The van der Waals surface area contributed by atoms with E-state index in [0.29, 0.717) is 24.2 Å². The molecule has 0 radical (unpaired) electrons. The van der Waals surface area contributed by atoms with Crippen molar-refractivity contribution in [3.05, 3.63) is 29.8 Å². The Bertz CT molecular complexity index is 504. The van der Waals surface area contributed by atoms with Crippen LogP contribution in [-0.4, -0.2) is 37.7 Å². The van der Waals surface area contributed by atoms with Crippen LogP contribution < -0.4 is 11.1 Å². The Hall–Kier alpha value is -1.92. The van der Waals surface area contributed by atoms with Crippen molar-refractivity contribution in [2.45, 2.75) is 25.0 Å². The van der Waals surface area contributed by atoms with Crippen molar-refractivity contribution in [2.24, 2.45) is 5.73 Å². The molecule has 0 unspecified atom stereocenters. The predicted octanol–water partition coefficient (Wildman–Crippen LogP) is 0.918. The first-order valence-electron chi connectivity index (χ1n) is 6.49. The molecule has 1 aliphatic rings. The van der Waals surface area contributed by atoms with Gasteiger partial charge in [0.2, 0.25) is 0 Å². The number of hydrogen-bond acceptors (Lipinski definition) is 5. The number of esters is 1. The number of ether oxygens (including phenoxy) is 2. The zero-order valence-electron chi connectivity index (χ0n) is 11.3. The van der Waals surface area contributed by atoms with Crippen molar-refractivity contribution in [1.82, 2.24) is 0 Å². The van der Waals surface area contributed by atoms with Crippen LogP contribution in [0.4, 0.5) is 5.69 Å². The monoisotopic (exact) mass is 278 g/mol. The Morgan fingerprint density at radius 1 is 1.45 bits per heavy atom. The normalized spacial score (nSPS) is 21.5. The van der Waals surface area contributed by atoms with Crippen LogP contribution in [0.15, 0.2) is 24.3 Å². The molecule has 3 N–H and O–H groups in total. The molecule has 20 heavy (non-hydrogen) atoms. The lowest BCUT2D eigenvalue weighted by Gasteiger charge is -2.13. The Labute approximate surface area is 117 Å². The molecule has 1 aromatic carbocycles. The molecule has 1 heterocycles. The van der Waals surface area contributed by atoms with E-state index in [1.807, 2.05) is 0 Å². The van der Waals surface area contributed by atoms with Gasteiger partial charge in [-0.05, 0) is 31.0 Å². The highest BCUT2D eigenvalue weighted by Crippen LogP contribution is 2.21. The number of carbonyl (C=O) groups is 2. The summed E-state index contributed by atoms with van der Waals surface area (Å²) < 4.78 is 10.1. The van der Waals surface area contributed by atoms with Gasteiger partial charge in [0, 0.05) is 12.2 Å². The van der Waals surface area contributed by atoms with Gasteiger partial charge in [0.1, 0.15) is 6.10 Å². The van der Waals surface area contributed by atoms with Gasteiger partial charge >= 0.3 is 5.97 Å². The molecule has 2 rings (SSSR count). The van der Waals surface area contributed by atoms with Crippen LogP contribution in [0.5, 0.6) is 0 Å². The first kappa shape index (κ1) is 14.5. The summed E-state index contributed by atoms with van der Waals surface area (Å²) in [6, 6.07) is 6.58. The van der Waals surface area contributed by atoms with Crippen LogP contribution >= 0.6 is 0 Å². The number of methoxy groups -OCH3 is 1. The molecule has 6 heteroatoms. The fraction of sp³-hybridized carbons (Fsp3) is 0.429. The second-order valence-electron chi connectivity index (χ2n) is 4.62. The summed E-state index contributed by atoms with van der Waals surface area (Å²) in [7, 11) is 1.31. The number of carbonyl (C=O) groups excluding carboxylic acids is 2. The van der Waals surface area contributed by atoms with Gasteiger partial charge in [0.15, 0.2) is 0 Å². The smallest absolute Gasteiger partial charge is 0.337 e. The minimum absolute atomic E-state index is 0.0489. The second kappa shape index (κ2) is 6.49. The second-order valence-corrected chi connectivity index (χ2v) is 4.62. The lowest BCUT2D eigenvalue weighted by molar-refractivity contribution is -0.126. The molecule has 6 nitrogen and oxygen atoms in total. The summed E-state index contributed by atoms with van der Waals surface area (Å²) in [6.45, 7) is 0.418. The number of hydrogen-bond donors (Lipinski definition) is 2. The van der Waals surface area contributed by atoms with Gasteiger partial charge in [-0.25, -0.2) is 4.79 Å². The highest BCUT2D eigenvalue weighted by molar-refractivity contribution is 5.96. The van der Waals surface area contributed by atoms with Crippen LogP contribution in [0.3, 0.4) is 0 Å². The third kappa shape index (κ3) is 3.34. The molecule has 1 aromatic rings. The molecule has 0 aromatic heterocycles. The standard InChI is InChI=1S/C14H18N2O4/c1-19-14(18)9-3-2-4-10(7-9)16-13(17)12-6-5-11(8-15)20-12/h2-4,7,11-12H,5-6,8,15H2,1H3,(H,16,17)/t11-,12+/m1/s1. The van der Waals surface area contributed by atoms with E-state index in [9.17, 15) is 9.59 Å². The molecule has 1 aliphatic heterocycles. The Balaban J connectivity index is 1.99. The third-order valence-corrected chi connectivity index (χ3v) is 3.21. The first-order valence-corrected chi connectivity index (χ1v) is 6.49. The zero-order chi connectivity index (χ0) is 14.5. The highest BCUT2D eigenvalue weighted by atomic mass is 16.5. The molecule has 0 saturated carbocycles. The molecule has 0 spiro atoms. The summed E-state index contributed by atoms with van der Waals surface area (Å²) in [5, 5.41) is 2.74. The summed E-state index contributed by atoms with van der Waals surface area (Å²) >= 11 is 0. The SMILES string of the molecule is COC(=O)c1cccc(NC(=O)[C@@H]2CC[C@H](CN)O2)c1. The summed E-state index contributed by atoms with van der Waals surface area (Å²) in [5.41, 5.74) is 6.44. The molecule has 0 aliphatic carbocycles. The Morgan fingerprint density at radius 3 is 2.90 bits per heavy atom. The molecule has 108 valence electrons. The van der Waals surface area contributed by atoms with Gasteiger partial charge in [-0.15, -0.1) is 0 Å². The topological polar surface area (TPSA) is 90.7 Å². The highest BCUT2D eigenvalue weighted by Gasteiger charge is 2.29. The maximum Gasteiger partial charge on any atom is 0.337 e. The quantitative estimate of drug-likeness (QED) is 0.799. The summed E-state index contributed by atoms with van der Waals surface area (Å²) in [6.07, 6.45) is 0.916. The van der Waals surface area contributed by atoms with E-state index in [1.54, 1.807) is 24.3 Å². The molecule has 2 atom stereocenters. The van der Waals surface area contributed by atoms with E-state index in [0.717, 1.165) is 6.42 Å². The van der Waals surface area contributed by atoms with Crippen LogP contribution in [-0.2, 0) is 14.3 Å². The van der Waals surface area contributed by atoms with Gasteiger partial charge in [-0.1, -0.05) is 6.07 Å². The van der Waals surface area contributed by atoms with Gasteiger partial charge in [0.25, 0.3) is 5.91 Å². The van der Waals surface area contributed by atoms with E-state index in [-0.39, 0.29) is 12.0 Å². The molecular weight excluding hydrogens is 260 g/mol. The molecule has 1 saturated heterocycles. The number of nitrogens with two attached hydrogens (primary N) is 1. The number of nitrogens with one attached hydrogen (secondary N) is 1. The van der Waals surface area contributed by atoms with Crippen molar-refractivity contribution >= 4 is 17.6 Å². The number of benzene rings is 1. The number of rotatable bonds is 4. The predicted molar refractivity (Wildman–Crippen MR) is 73.4 cm³/mol. The zero-order valence-corrected chi connectivity index (χ0v) is 11.3. The number of amides is 1. The molecule has 0 bridgehead atoms. The minimum Gasteiger partial charge on any atom is -0.465 e. The van der Waals surface area contributed by atoms with Gasteiger partial charge in [0.05, 0.1) is 18.8 Å². The van der Waals surface area contributed by atoms with E-state index >= 15 is 0 Å². The fourth-order valence-electron chi connectivity index (χ4n) is 2.14. The van der Waals surface area contributed by atoms with Crippen molar-refractivity contribution in [2.75, 3.05) is 19.0 Å². The van der Waals surface area contributed by atoms with Crippen LogP contribution in [0.1, 0.15) is 23.2 Å². The van der Waals surface area contributed by atoms with Crippen molar-refractivity contribution in [3.63, 3.8) is 0 Å². The first-order chi connectivity index (χ1) is 9.63. The van der Waals surface area contributed by atoms with E-state index in [4.69, 9.17) is 10.5 Å². The van der Waals surface area contributed by atoms with E-state index in [2.05, 4.69) is 10.1 Å². The minimum atomic E-state index is -0.481. The molecule has 1 fully saturated rings. The summed E-state index contributed by atoms with van der Waals surface area (Å²) in [4.78, 5) is 23.4. The average molecular weight is 278 g/mol. The maximum absolute atomic E-state index is 12.0. The van der Waals surface area contributed by atoms with Crippen LogP contribution in [0, 0.1) is 0 Å². The average Bonchev–Trinajstić information content (AvgIpc) is 2.95. The van der Waals surface area contributed by atoms with E-state index in [1.165, 1.54) is 7.11 Å². The third-order valence-electron chi connectivity index (χ3n) is 3.21. The Kier molecular flexibility index (Phi) is 4.70. The molecular formula is C14H18N2O4. The van der Waals surface area contributed by atoms with Crippen molar-refractivity contribution in [3.8, 4) is 0 Å². The van der Waals surface area contributed by atoms with Crippen LogP contribution in [0.25, 0.3) is 0 Å². The lowest BCUT2D eigenvalue weighted by Crippen LogP contribution is -2.29. The van der Waals surface area contributed by atoms with Crippen LogP contribution in [0.2, 0.25) is 0 Å². The largest absolute Gasteiger partial charge is 0.465 e. The van der Waals surface area contributed by atoms with E-state index < -0.39 is 12.1 Å². The van der Waals surface area contributed by atoms with Gasteiger partial charge in [-0.2, -0.15) is 0 Å². The number of anilines is 1. The van der Waals surface area contributed by atoms with Gasteiger partial charge in [-0.3, -0.25) is 4.79 Å².